The van der Waals surface area contributed by atoms with E-state index in [0.717, 1.165) is 86.7 Å². The Balaban J connectivity index is 1.07. The lowest BCUT2D eigenvalue weighted by molar-refractivity contribution is -0.120. The zero-order chi connectivity index (χ0) is 33.3. The Morgan fingerprint density at radius 3 is 2.51 bits per heavy atom. The Morgan fingerprint density at radius 1 is 0.959 bits per heavy atom. The fourth-order valence-corrected chi connectivity index (χ4v) is 9.40. The first-order chi connectivity index (χ1) is 23.8. The molecule has 10 rings (SSSR count). The number of carbonyl (C=O) groups is 3. The van der Waals surface area contributed by atoms with Gasteiger partial charge in [-0.15, -0.1) is 0 Å². The second-order valence-electron chi connectivity index (χ2n) is 14.7. The van der Waals surface area contributed by atoms with Gasteiger partial charge in [0.05, 0.1) is 24.0 Å². The smallest absolute Gasteiger partial charge is 0.322 e. The number of hydrogen-bond donors (Lipinski definition) is 2. The number of methoxy groups -OCH3 is 1. The summed E-state index contributed by atoms with van der Waals surface area (Å²) >= 11 is 0. The molecule has 3 aliphatic heterocycles. The summed E-state index contributed by atoms with van der Waals surface area (Å²) in [6.45, 7) is 3.16. The number of urea groups is 1. The predicted octanol–water partition coefficient (Wildman–Crippen LogP) is 5.35. The molecule has 2 saturated carbocycles. The average Bonchev–Trinajstić information content (AvgIpc) is 3.28. The number of fused-ring (bicyclic) bond motifs is 8. The highest BCUT2D eigenvalue weighted by molar-refractivity contribution is 6.05. The Bertz CT molecular complexity index is 2270. The number of amides is 4. The number of nitrogens with one attached hydrogen (secondary N) is 2. The number of aromatic nitrogens is 4. The number of pyridine rings is 1. The summed E-state index contributed by atoms with van der Waals surface area (Å²) in [5.41, 5.74) is 7.77. The van der Waals surface area contributed by atoms with Crippen molar-refractivity contribution in [1.82, 2.24) is 34.6 Å². The van der Waals surface area contributed by atoms with Gasteiger partial charge in [-0.3, -0.25) is 14.9 Å². The van der Waals surface area contributed by atoms with Crippen molar-refractivity contribution in [1.29, 1.82) is 0 Å². The van der Waals surface area contributed by atoms with Crippen molar-refractivity contribution in [3.8, 4) is 28.5 Å². The van der Waals surface area contributed by atoms with E-state index in [-0.39, 0.29) is 17.9 Å². The molecule has 2 saturated heterocycles. The molecule has 5 atom stereocenters. The van der Waals surface area contributed by atoms with Crippen LogP contribution in [-0.2, 0) is 24.8 Å². The number of imide groups is 1. The Kier molecular flexibility index (Phi) is 5.97. The van der Waals surface area contributed by atoms with Gasteiger partial charge in [0.1, 0.15) is 23.0 Å². The molecule has 4 amide bonds. The number of imidazole rings is 1. The molecule has 2 aliphatic carbocycles. The van der Waals surface area contributed by atoms with Crippen LogP contribution < -0.4 is 15.4 Å². The van der Waals surface area contributed by atoms with Gasteiger partial charge in [-0.2, -0.15) is 0 Å². The van der Waals surface area contributed by atoms with E-state index in [9.17, 15) is 14.4 Å². The van der Waals surface area contributed by atoms with E-state index in [1.165, 1.54) is 19.3 Å². The molecule has 3 aromatic heterocycles. The molecule has 6 heterocycles. The first-order valence-corrected chi connectivity index (χ1v) is 17.4. The van der Waals surface area contributed by atoms with Gasteiger partial charge in [-0.05, 0) is 79.7 Å². The van der Waals surface area contributed by atoms with Crippen LogP contribution in [0, 0.1) is 17.8 Å². The molecule has 2 aromatic carbocycles. The number of rotatable bonds is 6. The van der Waals surface area contributed by atoms with E-state index in [1.807, 2.05) is 43.4 Å². The minimum absolute atomic E-state index is 0.126. The van der Waals surface area contributed by atoms with Gasteiger partial charge in [0.25, 0.3) is 11.8 Å². The quantitative estimate of drug-likeness (QED) is 0.238. The number of carbonyl (C=O) groups excluding carboxylic acids is 3. The Labute approximate surface area is 282 Å². The molecular weight excluding hydrogens is 618 g/mol. The molecule has 11 nitrogen and oxygen atoms in total. The van der Waals surface area contributed by atoms with Gasteiger partial charge in [-0.1, -0.05) is 31.2 Å². The normalized spacial score (nSPS) is 25.7. The highest BCUT2D eigenvalue weighted by Gasteiger charge is 2.55. The summed E-state index contributed by atoms with van der Waals surface area (Å²) in [7, 11) is 3.76. The number of ether oxygens (including phenoxy) is 1. The minimum Gasteiger partial charge on any atom is -0.494 e. The third-order valence-electron chi connectivity index (χ3n) is 12.0. The Morgan fingerprint density at radius 2 is 1.78 bits per heavy atom. The average molecular weight is 656 g/mol. The van der Waals surface area contributed by atoms with Gasteiger partial charge in [0.2, 0.25) is 0 Å². The van der Waals surface area contributed by atoms with Crippen LogP contribution in [0.4, 0.5) is 4.79 Å². The lowest BCUT2D eigenvalue weighted by atomic mass is 9.84. The standard InChI is InChI=1S/C38H37N7O4/c1-18-23-11-13-28(18)45-29(23)16-24-25(37(45)47)15-27-32(33(24)49-3)43(2)35(40-27)30-14-22-10-12-26(39-34(22)44(30)17-19-4-5-19)20-6-8-21(9-7-20)31-36(46)42-38(48)41-31/h6-10,12,14-15,18-19,23,28-29,31H,4-5,11,13,16-17H2,1-3H3,(H2,41,42,46,48)/t18-,23?,28?,29?,31?/m1/s1. The molecular formula is C38H37N7O4. The van der Waals surface area contributed by atoms with Crippen molar-refractivity contribution in [3.63, 3.8) is 0 Å². The summed E-state index contributed by atoms with van der Waals surface area (Å²) in [5, 5.41) is 5.97. The molecule has 2 N–H and O–H groups in total. The van der Waals surface area contributed by atoms with E-state index < -0.39 is 12.1 Å². The van der Waals surface area contributed by atoms with Gasteiger partial charge in [0, 0.05) is 47.8 Å². The van der Waals surface area contributed by atoms with E-state index in [2.05, 4.69) is 43.7 Å². The second kappa shape index (κ2) is 10.2. The van der Waals surface area contributed by atoms with E-state index in [4.69, 9.17) is 14.7 Å². The van der Waals surface area contributed by atoms with Crippen LogP contribution in [0.3, 0.4) is 0 Å². The molecule has 248 valence electrons. The predicted molar refractivity (Wildman–Crippen MR) is 183 cm³/mol. The monoisotopic (exact) mass is 655 g/mol. The summed E-state index contributed by atoms with van der Waals surface area (Å²) in [5.74, 6) is 3.04. The first-order valence-electron chi connectivity index (χ1n) is 17.4. The van der Waals surface area contributed by atoms with Crippen LogP contribution in [-0.4, -0.2) is 61.0 Å². The van der Waals surface area contributed by atoms with Crippen molar-refractivity contribution >= 4 is 39.9 Å². The van der Waals surface area contributed by atoms with Gasteiger partial charge < -0.3 is 24.1 Å². The number of nitrogens with zero attached hydrogens (tertiary/aromatic N) is 5. The lowest BCUT2D eigenvalue weighted by Gasteiger charge is -2.40. The fraction of sp³-hybridized carbons (Fsp3) is 0.395. The molecule has 11 heteroatoms. The van der Waals surface area contributed by atoms with Crippen molar-refractivity contribution in [3.05, 3.63) is 65.2 Å². The number of piperidine rings is 1. The van der Waals surface area contributed by atoms with Gasteiger partial charge >= 0.3 is 6.03 Å². The van der Waals surface area contributed by atoms with Crippen LogP contribution in [0.2, 0.25) is 0 Å². The molecule has 0 spiro atoms. The van der Waals surface area contributed by atoms with Crippen molar-refractivity contribution < 1.29 is 19.1 Å². The first kappa shape index (κ1) is 28.8. The van der Waals surface area contributed by atoms with Gasteiger partial charge in [-0.25, -0.2) is 14.8 Å². The van der Waals surface area contributed by atoms with E-state index in [0.29, 0.717) is 23.8 Å². The van der Waals surface area contributed by atoms with Crippen LogP contribution in [0.25, 0.3) is 44.8 Å². The minimum atomic E-state index is -0.693. The summed E-state index contributed by atoms with van der Waals surface area (Å²) in [4.78, 5) is 50.4. The molecule has 5 aromatic rings. The third kappa shape index (κ3) is 4.10. The fourth-order valence-electron chi connectivity index (χ4n) is 9.40. The molecule has 0 radical (unpaired) electrons. The topological polar surface area (TPSA) is 123 Å². The maximum absolute atomic E-state index is 14.1. The largest absolute Gasteiger partial charge is 0.494 e. The molecule has 4 fully saturated rings. The lowest BCUT2D eigenvalue weighted by Crippen LogP contribution is -2.49. The zero-order valence-electron chi connectivity index (χ0n) is 27.7. The number of hydrogen-bond acceptors (Lipinski definition) is 6. The van der Waals surface area contributed by atoms with E-state index >= 15 is 0 Å². The van der Waals surface area contributed by atoms with Crippen LogP contribution in [0.1, 0.15) is 60.1 Å². The number of aryl methyl sites for hydroxylation is 1. The van der Waals surface area contributed by atoms with Crippen molar-refractivity contribution in [2.24, 2.45) is 24.8 Å². The summed E-state index contributed by atoms with van der Waals surface area (Å²) in [6.07, 6.45) is 5.50. The van der Waals surface area contributed by atoms with E-state index in [1.54, 1.807) is 7.11 Å². The summed E-state index contributed by atoms with van der Waals surface area (Å²) < 4.78 is 10.6. The second-order valence-corrected chi connectivity index (χ2v) is 14.7. The SMILES string of the molecule is COc1c2c(cc3nc(-c4cc5ccc(-c6ccc(C7NC(=O)NC7=O)cc6)nc5n4CC4CC4)n(C)c13)C(=O)N1C(C2)C2CCC1[C@@H]2C. The third-order valence-corrected chi connectivity index (χ3v) is 12.0. The number of benzene rings is 2. The van der Waals surface area contributed by atoms with Gasteiger partial charge in [0.15, 0.2) is 5.82 Å². The Hall–Kier alpha value is -5.19. The molecule has 4 unspecified atom stereocenters. The maximum Gasteiger partial charge on any atom is 0.322 e. The maximum atomic E-state index is 14.1. The summed E-state index contributed by atoms with van der Waals surface area (Å²) in [6, 6.07) is 15.3. The molecule has 5 aliphatic rings. The van der Waals surface area contributed by atoms with Crippen LogP contribution >= 0.6 is 0 Å². The molecule has 49 heavy (non-hydrogen) atoms. The highest BCUT2D eigenvalue weighted by Crippen LogP contribution is 2.52. The van der Waals surface area contributed by atoms with Crippen LogP contribution in [0.5, 0.6) is 5.75 Å². The van der Waals surface area contributed by atoms with Crippen LogP contribution in [0.15, 0.2) is 48.5 Å². The molecule has 2 bridgehead atoms. The van der Waals surface area contributed by atoms with Crippen molar-refractivity contribution in [2.45, 2.75) is 63.7 Å². The highest BCUT2D eigenvalue weighted by atomic mass is 16.5. The van der Waals surface area contributed by atoms with Crippen molar-refractivity contribution in [2.75, 3.05) is 7.11 Å². The zero-order valence-corrected chi connectivity index (χ0v) is 27.7.